The third kappa shape index (κ3) is 5.77. The zero-order valence-electron chi connectivity index (χ0n) is 18.5. The fourth-order valence-electron chi connectivity index (χ4n) is 3.75. The Hall–Kier alpha value is -2.37. The molecule has 2 aromatic heterocycles. The number of hydrogen-bond acceptors (Lipinski definition) is 7. The summed E-state index contributed by atoms with van der Waals surface area (Å²) in [6, 6.07) is 5.28. The minimum atomic E-state index is -4.32. The maximum Gasteiger partial charge on any atom is 0.416 e. The summed E-state index contributed by atoms with van der Waals surface area (Å²) in [5.74, 6) is 2.20. The molecule has 0 spiro atoms. The standard InChI is InChI=1S/C22H26F3N5O2S/c1-15-19(32-14-26-15)20-27-28-21(29(20)2)33-12-4-3-9-30-10-11-31-18(13-30)16-5-7-17(8-6-16)22(23,24)25/h5-8,14,18H,3-4,9-13H2,1-2H3/t18-/m0/s1. The van der Waals surface area contributed by atoms with Gasteiger partial charge in [0.25, 0.3) is 0 Å². The summed E-state index contributed by atoms with van der Waals surface area (Å²) < 4.78 is 51.5. The molecule has 7 nitrogen and oxygen atoms in total. The lowest BCUT2D eigenvalue weighted by atomic mass is 10.0. The number of halogens is 3. The van der Waals surface area contributed by atoms with Crippen LogP contribution in [0.25, 0.3) is 11.6 Å². The molecule has 0 unspecified atom stereocenters. The number of alkyl halides is 3. The zero-order valence-corrected chi connectivity index (χ0v) is 19.3. The molecule has 1 fully saturated rings. The number of oxazole rings is 1. The molecule has 1 aliphatic rings. The van der Waals surface area contributed by atoms with E-state index in [1.165, 1.54) is 18.5 Å². The highest BCUT2D eigenvalue weighted by atomic mass is 32.2. The molecule has 1 saturated heterocycles. The summed E-state index contributed by atoms with van der Waals surface area (Å²) in [5.41, 5.74) is 0.924. The number of ether oxygens (including phenoxy) is 1. The predicted octanol–water partition coefficient (Wildman–Crippen LogP) is 4.74. The molecule has 4 rings (SSSR count). The predicted molar refractivity (Wildman–Crippen MR) is 118 cm³/mol. The summed E-state index contributed by atoms with van der Waals surface area (Å²) in [6.07, 6.45) is -1.10. The van der Waals surface area contributed by atoms with E-state index in [4.69, 9.17) is 9.15 Å². The van der Waals surface area contributed by atoms with Gasteiger partial charge in [0.1, 0.15) is 0 Å². The topological polar surface area (TPSA) is 69.2 Å². The van der Waals surface area contributed by atoms with Crippen molar-refractivity contribution in [3.63, 3.8) is 0 Å². The largest absolute Gasteiger partial charge is 0.440 e. The normalized spacial score (nSPS) is 17.5. The van der Waals surface area contributed by atoms with E-state index >= 15 is 0 Å². The van der Waals surface area contributed by atoms with E-state index in [2.05, 4.69) is 20.1 Å². The van der Waals surface area contributed by atoms with Crippen LogP contribution in [0, 0.1) is 6.92 Å². The lowest BCUT2D eigenvalue weighted by molar-refractivity contribution is -0.137. The van der Waals surface area contributed by atoms with Gasteiger partial charge in [-0.05, 0) is 44.0 Å². The molecule has 1 atom stereocenters. The lowest BCUT2D eigenvalue weighted by Crippen LogP contribution is -2.38. The molecule has 11 heteroatoms. The van der Waals surface area contributed by atoms with Gasteiger partial charge in [-0.3, -0.25) is 4.90 Å². The molecule has 0 N–H and O–H groups in total. The molecule has 0 amide bonds. The van der Waals surface area contributed by atoms with Crippen LogP contribution in [-0.2, 0) is 18.0 Å². The SMILES string of the molecule is Cc1ncoc1-c1nnc(SCCCCN2CCO[C@H](c3ccc(C(F)(F)F)cc3)C2)n1C. The maximum atomic E-state index is 12.8. The van der Waals surface area contributed by atoms with Gasteiger partial charge in [0, 0.05) is 25.9 Å². The van der Waals surface area contributed by atoms with Crippen molar-refractivity contribution in [1.29, 1.82) is 0 Å². The molecule has 1 aromatic carbocycles. The molecule has 0 saturated carbocycles. The van der Waals surface area contributed by atoms with Crippen LogP contribution in [0.2, 0.25) is 0 Å². The van der Waals surface area contributed by atoms with E-state index in [0.29, 0.717) is 24.7 Å². The highest BCUT2D eigenvalue weighted by molar-refractivity contribution is 7.99. The Kier molecular flexibility index (Phi) is 7.40. The van der Waals surface area contributed by atoms with Crippen molar-refractivity contribution in [3.05, 3.63) is 47.5 Å². The van der Waals surface area contributed by atoms with E-state index in [1.807, 2.05) is 18.5 Å². The van der Waals surface area contributed by atoms with Gasteiger partial charge >= 0.3 is 6.18 Å². The van der Waals surface area contributed by atoms with Crippen molar-refractivity contribution in [2.45, 2.75) is 37.2 Å². The quantitative estimate of drug-likeness (QED) is 0.340. The van der Waals surface area contributed by atoms with Crippen LogP contribution >= 0.6 is 11.8 Å². The Morgan fingerprint density at radius 2 is 1.94 bits per heavy atom. The van der Waals surface area contributed by atoms with Gasteiger partial charge < -0.3 is 13.7 Å². The van der Waals surface area contributed by atoms with Crippen molar-refractivity contribution >= 4 is 11.8 Å². The van der Waals surface area contributed by atoms with E-state index in [9.17, 15) is 13.2 Å². The van der Waals surface area contributed by atoms with Gasteiger partial charge in [0.2, 0.25) is 5.82 Å². The number of hydrogen-bond donors (Lipinski definition) is 0. The zero-order chi connectivity index (χ0) is 23.4. The van der Waals surface area contributed by atoms with Crippen molar-refractivity contribution in [2.24, 2.45) is 7.05 Å². The van der Waals surface area contributed by atoms with Crippen LogP contribution in [0.1, 0.15) is 35.8 Å². The number of rotatable bonds is 8. The van der Waals surface area contributed by atoms with Gasteiger partial charge in [-0.25, -0.2) is 4.98 Å². The number of morpholine rings is 1. The number of thioether (sulfide) groups is 1. The summed E-state index contributed by atoms with van der Waals surface area (Å²) >= 11 is 1.65. The van der Waals surface area contributed by atoms with Gasteiger partial charge in [0.15, 0.2) is 17.3 Å². The van der Waals surface area contributed by atoms with E-state index in [1.54, 1.807) is 11.8 Å². The number of nitrogens with zero attached hydrogens (tertiary/aromatic N) is 5. The summed E-state index contributed by atoms with van der Waals surface area (Å²) in [5, 5.41) is 9.31. The third-order valence-electron chi connectivity index (χ3n) is 5.64. The maximum absolute atomic E-state index is 12.8. The Morgan fingerprint density at radius 1 is 1.15 bits per heavy atom. The molecule has 0 aliphatic carbocycles. The fourth-order valence-corrected chi connectivity index (χ4v) is 4.66. The Labute approximate surface area is 194 Å². The minimum absolute atomic E-state index is 0.202. The van der Waals surface area contributed by atoms with Crippen molar-refractivity contribution < 1.29 is 22.3 Å². The highest BCUT2D eigenvalue weighted by Crippen LogP contribution is 2.31. The molecule has 3 aromatic rings. The summed E-state index contributed by atoms with van der Waals surface area (Å²) in [7, 11) is 1.91. The summed E-state index contributed by atoms with van der Waals surface area (Å²) in [4.78, 5) is 6.41. The number of benzene rings is 1. The Morgan fingerprint density at radius 3 is 2.64 bits per heavy atom. The first kappa shape index (κ1) is 23.8. The average molecular weight is 482 g/mol. The molecular weight excluding hydrogens is 455 g/mol. The first-order valence-corrected chi connectivity index (χ1v) is 11.7. The first-order valence-electron chi connectivity index (χ1n) is 10.8. The molecule has 1 aliphatic heterocycles. The average Bonchev–Trinajstić information content (AvgIpc) is 3.38. The molecule has 33 heavy (non-hydrogen) atoms. The van der Waals surface area contributed by atoms with Crippen LogP contribution in [-0.4, -0.2) is 56.6 Å². The van der Waals surface area contributed by atoms with Crippen LogP contribution < -0.4 is 0 Å². The molecule has 0 radical (unpaired) electrons. The molecule has 178 valence electrons. The fraction of sp³-hybridized carbons (Fsp3) is 0.500. The van der Waals surface area contributed by atoms with Gasteiger partial charge in [-0.15, -0.1) is 10.2 Å². The van der Waals surface area contributed by atoms with Gasteiger partial charge in [0.05, 0.1) is 24.0 Å². The monoisotopic (exact) mass is 481 g/mol. The van der Waals surface area contributed by atoms with E-state index < -0.39 is 11.7 Å². The van der Waals surface area contributed by atoms with Gasteiger partial charge in [-0.2, -0.15) is 13.2 Å². The highest BCUT2D eigenvalue weighted by Gasteiger charge is 2.30. The summed E-state index contributed by atoms with van der Waals surface area (Å²) in [6.45, 7) is 4.87. The van der Waals surface area contributed by atoms with Crippen molar-refractivity contribution in [3.8, 4) is 11.6 Å². The lowest BCUT2D eigenvalue weighted by Gasteiger charge is -2.33. The smallest absolute Gasteiger partial charge is 0.416 e. The first-order chi connectivity index (χ1) is 15.8. The van der Waals surface area contributed by atoms with Gasteiger partial charge in [-0.1, -0.05) is 23.9 Å². The minimum Gasteiger partial charge on any atom is -0.440 e. The molecular formula is C22H26F3N5O2S. The van der Waals surface area contributed by atoms with Crippen LogP contribution in [0.5, 0.6) is 0 Å². The van der Waals surface area contributed by atoms with Crippen molar-refractivity contribution in [1.82, 2.24) is 24.6 Å². The second kappa shape index (κ2) is 10.3. The molecule has 0 bridgehead atoms. The number of aromatic nitrogens is 4. The third-order valence-corrected chi connectivity index (χ3v) is 6.75. The molecule has 3 heterocycles. The second-order valence-electron chi connectivity index (χ2n) is 7.97. The van der Waals surface area contributed by atoms with Crippen LogP contribution in [0.4, 0.5) is 13.2 Å². The van der Waals surface area contributed by atoms with E-state index in [0.717, 1.165) is 60.2 Å². The van der Waals surface area contributed by atoms with Crippen molar-refractivity contribution in [2.75, 3.05) is 32.0 Å². The number of aryl methyl sites for hydroxylation is 1. The van der Waals surface area contributed by atoms with E-state index in [-0.39, 0.29) is 6.10 Å². The van der Waals surface area contributed by atoms with Crippen LogP contribution in [0.15, 0.2) is 40.2 Å². The van der Waals surface area contributed by atoms with Crippen LogP contribution in [0.3, 0.4) is 0 Å². The Balaban J connectivity index is 1.21. The number of unbranched alkanes of at least 4 members (excludes halogenated alkanes) is 1. The Bertz CT molecular complexity index is 1050. The second-order valence-corrected chi connectivity index (χ2v) is 9.03.